The predicted octanol–water partition coefficient (Wildman–Crippen LogP) is 5.50. The Kier molecular flexibility index (Phi) is 6.20. The van der Waals surface area contributed by atoms with Crippen molar-refractivity contribution < 1.29 is 4.79 Å². The van der Waals surface area contributed by atoms with Crippen LogP contribution in [0, 0.1) is 13.8 Å². The molecule has 0 saturated carbocycles. The third kappa shape index (κ3) is 3.97. The topological polar surface area (TPSA) is 45.2 Å². The Balaban J connectivity index is 1.93. The van der Waals surface area contributed by atoms with E-state index in [2.05, 4.69) is 35.1 Å². The van der Waals surface area contributed by atoms with Crippen molar-refractivity contribution in [3.63, 3.8) is 0 Å². The van der Waals surface area contributed by atoms with E-state index < -0.39 is 0 Å². The maximum atomic E-state index is 13.1. The van der Waals surface area contributed by atoms with E-state index in [0.717, 1.165) is 45.6 Å². The van der Waals surface area contributed by atoms with Gasteiger partial charge in [0.05, 0.1) is 5.56 Å². The zero-order chi connectivity index (χ0) is 20.3. The van der Waals surface area contributed by atoms with E-state index in [4.69, 9.17) is 11.6 Å². The van der Waals surface area contributed by atoms with Crippen molar-refractivity contribution in [2.24, 2.45) is 0 Å². The van der Waals surface area contributed by atoms with Crippen molar-refractivity contribution in [3.8, 4) is 0 Å². The van der Waals surface area contributed by atoms with Crippen molar-refractivity contribution in [3.05, 3.63) is 70.5 Å². The number of nitrogens with one attached hydrogen (secondary N) is 1. The van der Waals surface area contributed by atoms with Crippen LogP contribution in [0.15, 0.2) is 48.8 Å². The molecule has 1 N–H and O–H groups in total. The van der Waals surface area contributed by atoms with E-state index in [0.29, 0.717) is 5.56 Å². The van der Waals surface area contributed by atoms with E-state index in [9.17, 15) is 4.79 Å². The van der Waals surface area contributed by atoms with Gasteiger partial charge in [0.2, 0.25) is 0 Å². The lowest BCUT2D eigenvalue weighted by molar-refractivity contribution is 0.0936. The van der Waals surface area contributed by atoms with Crippen LogP contribution in [0.5, 0.6) is 0 Å². The van der Waals surface area contributed by atoms with Crippen LogP contribution in [0.1, 0.15) is 41.8 Å². The SMILES string of the molecule is CCC(NC(=O)c1cncc2ccccc12)N(CC)c1cc(C)cc(Cl)c1C. The molecule has 0 aliphatic heterocycles. The van der Waals surface area contributed by atoms with Crippen molar-refractivity contribution >= 4 is 34.0 Å². The van der Waals surface area contributed by atoms with Gasteiger partial charge in [0.1, 0.15) is 6.17 Å². The number of aromatic nitrogens is 1. The molecule has 4 nitrogen and oxygen atoms in total. The standard InChI is InChI=1S/C23H26ClN3O/c1-5-22(27(6-2)21-12-15(3)11-20(24)16(21)4)26-23(28)19-14-25-13-17-9-7-8-10-18(17)19/h7-14,22H,5-6H2,1-4H3,(H,26,28). The molecule has 1 aromatic heterocycles. The highest BCUT2D eigenvalue weighted by molar-refractivity contribution is 6.31. The smallest absolute Gasteiger partial charge is 0.255 e. The highest BCUT2D eigenvalue weighted by atomic mass is 35.5. The molecule has 0 saturated heterocycles. The van der Waals surface area contributed by atoms with E-state index in [1.807, 2.05) is 44.2 Å². The predicted molar refractivity (Wildman–Crippen MR) is 117 cm³/mol. The first-order valence-corrected chi connectivity index (χ1v) is 10.0. The van der Waals surface area contributed by atoms with Gasteiger partial charge in [0, 0.05) is 35.0 Å². The van der Waals surface area contributed by atoms with Gasteiger partial charge in [-0.1, -0.05) is 42.8 Å². The quantitative estimate of drug-likeness (QED) is 0.560. The van der Waals surface area contributed by atoms with Crippen molar-refractivity contribution in [2.75, 3.05) is 11.4 Å². The molecule has 0 aliphatic carbocycles. The number of fused-ring (bicyclic) bond motifs is 1. The molecule has 0 radical (unpaired) electrons. The number of anilines is 1. The van der Waals surface area contributed by atoms with Gasteiger partial charge in [-0.2, -0.15) is 0 Å². The number of amides is 1. The summed E-state index contributed by atoms with van der Waals surface area (Å²) in [6, 6.07) is 11.9. The largest absolute Gasteiger partial charge is 0.351 e. The molecular weight excluding hydrogens is 370 g/mol. The zero-order valence-electron chi connectivity index (χ0n) is 16.8. The van der Waals surface area contributed by atoms with Crippen LogP contribution >= 0.6 is 11.6 Å². The summed E-state index contributed by atoms with van der Waals surface area (Å²) >= 11 is 6.41. The van der Waals surface area contributed by atoms with Gasteiger partial charge in [0.25, 0.3) is 5.91 Å². The van der Waals surface area contributed by atoms with E-state index >= 15 is 0 Å². The molecule has 1 amide bonds. The Bertz CT molecular complexity index is 997. The van der Waals surface area contributed by atoms with Gasteiger partial charge in [-0.3, -0.25) is 9.78 Å². The van der Waals surface area contributed by atoms with Crippen LogP contribution in [0.3, 0.4) is 0 Å². The lowest BCUT2D eigenvalue weighted by Gasteiger charge is -2.34. The van der Waals surface area contributed by atoms with Crippen LogP contribution in [0.25, 0.3) is 10.8 Å². The number of halogens is 1. The van der Waals surface area contributed by atoms with Gasteiger partial charge in [-0.25, -0.2) is 0 Å². The van der Waals surface area contributed by atoms with E-state index in [-0.39, 0.29) is 12.1 Å². The Morgan fingerprint density at radius 3 is 2.64 bits per heavy atom. The van der Waals surface area contributed by atoms with Crippen LogP contribution in [-0.2, 0) is 0 Å². The Labute approximate surface area is 171 Å². The lowest BCUT2D eigenvalue weighted by Crippen LogP contribution is -2.48. The van der Waals surface area contributed by atoms with Crippen LogP contribution in [0.2, 0.25) is 5.02 Å². The van der Waals surface area contributed by atoms with Gasteiger partial charge < -0.3 is 10.2 Å². The molecule has 1 heterocycles. The summed E-state index contributed by atoms with van der Waals surface area (Å²) in [6.07, 6.45) is 4.03. The summed E-state index contributed by atoms with van der Waals surface area (Å²) in [5, 5.41) is 5.80. The number of carbonyl (C=O) groups excluding carboxylic acids is 1. The average molecular weight is 396 g/mol. The van der Waals surface area contributed by atoms with Gasteiger partial charge in [0.15, 0.2) is 0 Å². The number of hydrogen-bond donors (Lipinski definition) is 1. The molecule has 3 aromatic rings. The zero-order valence-corrected chi connectivity index (χ0v) is 17.5. The van der Waals surface area contributed by atoms with E-state index in [1.54, 1.807) is 12.4 Å². The summed E-state index contributed by atoms with van der Waals surface area (Å²) in [7, 11) is 0. The Morgan fingerprint density at radius 1 is 1.18 bits per heavy atom. The maximum absolute atomic E-state index is 13.1. The molecule has 0 spiro atoms. The summed E-state index contributed by atoms with van der Waals surface area (Å²) in [5.41, 5.74) is 3.76. The molecule has 28 heavy (non-hydrogen) atoms. The third-order valence-electron chi connectivity index (χ3n) is 5.08. The third-order valence-corrected chi connectivity index (χ3v) is 5.48. The monoisotopic (exact) mass is 395 g/mol. The first-order chi connectivity index (χ1) is 13.5. The van der Waals surface area contributed by atoms with Crippen LogP contribution in [0.4, 0.5) is 5.69 Å². The second-order valence-corrected chi connectivity index (χ2v) is 7.39. The molecule has 0 fully saturated rings. The van der Waals surface area contributed by atoms with E-state index in [1.165, 1.54) is 0 Å². The van der Waals surface area contributed by atoms with Gasteiger partial charge >= 0.3 is 0 Å². The number of aryl methyl sites for hydroxylation is 1. The first-order valence-electron chi connectivity index (χ1n) is 9.63. The Hall–Kier alpha value is -2.59. The molecule has 0 bridgehead atoms. The summed E-state index contributed by atoms with van der Waals surface area (Å²) < 4.78 is 0. The fourth-order valence-electron chi connectivity index (χ4n) is 3.58. The molecule has 0 aliphatic rings. The fourth-order valence-corrected chi connectivity index (χ4v) is 3.85. The Morgan fingerprint density at radius 2 is 1.93 bits per heavy atom. The summed E-state index contributed by atoms with van der Waals surface area (Å²) in [5.74, 6) is -0.119. The van der Waals surface area contributed by atoms with Gasteiger partial charge in [-0.15, -0.1) is 0 Å². The lowest BCUT2D eigenvalue weighted by atomic mass is 10.1. The summed E-state index contributed by atoms with van der Waals surface area (Å²) in [6.45, 7) is 8.96. The maximum Gasteiger partial charge on any atom is 0.255 e. The van der Waals surface area contributed by atoms with Crippen molar-refractivity contribution in [1.29, 1.82) is 0 Å². The number of pyridine rings is 1. The molecular formula is C23H26ClN3O. The van der Waals surface area contributed by atoms with Crippen LogP contribution < -0.4 is 10.2 Å². The minimum absolute atomic E-state index is 0.119. The molecule has 3 rings (SSSR count). The van der Waals surface area contributed by atoms with Crippen molar-refractivity contribution in [1.82, 2.24) is 10.3 Å². The number of benzene rings is 2. The molecule has 5 heteroatoms. The molecule has 1 unspecified atom stereocenters. The average Bonchev–Trinajstić information content (AvgIpc) is 2.70. The first kappa shape index (κ1) is 20.2. The minimum atomic E-state index is -0.145. The van der Waals surface area contributed by atoms with Crippen LogP contribution in [-0.4, -0.2) is 23.6 Å². The second kappa shape index (κ2) is 8.61. The fraction of sp³-hybridized carbons (Fsp3) is 0.304. The molecule has 2 aromatic carbocycles. The number of nitrogens with zero attached hydrogens (tertiary/aromatic N) is 2. The second-order valence-electron chi connectivity index (χ2n) is 6.98. The van der Waals surface area contributed by atoms with Gasteiger partial charge in [-0.05, 0) is 55.8 Å². The number of carbonyl (C=O) groups is 1. The highest BCUT2D eigenvalue weighted by Gasteiger charge is 2.22. The molecule has 146 valence electrons. The normalized spacial score (nSPS) is 12.0. The minimum Gasteiger partial charge on any atom is -0.351 e. The summed E-state index contributed by atoms with van der Waals surface area (Å²) in [4.78, 5) is 19.5. The highest BCUT2D eigenvalue weighted by Crippen LogP contribution is 2.30. The molecule has 1 atom stereocenters. The van der Waals surface area contributed by atoms with Crippen molar-refractivity contribution in [2.45, 2.75) is 40.3 Å². The number of rotatable bonds is 6. The number of hydrogen-bond acceptors (Lipinski definition) is 3.